The number of halogens is 2. The van der Waals surface area contributed by atoms with E-state index in [1.54, 1.807) is 0 Å². The minimum Gasteiger partial charge on any atom is -0.393 e. The summed E-state index contributed by atoms with van der Waals surface area (Å²) >= 11 is 0. The van der Waals surface area contributed by atoms with Crippen molar-refractivity contribution in [1.82, 2.24) is 15.5 Å². The molecule has 5 nitrogen and oxygen atoms in total. The highest BCUT2D eigenvalue weighted by Gasteiger charge is 2.22. The molecular weight excluding hydrogens is 349 g/mol. The molecule has 0 aromatic rings. The number of hydrogen-bond donors (Lipinski definition) is 3. The van der Waals surface area contributed by atoms with E-state index >= 15 is 0 Å². The molecule has 2 rings (SSSR count). The van der Waals surface area contributed by atoms with Crippen molar-refractivity contribution in [2.75, 3.05) is 39.3 Å². The second-order valence-corrected chi connectivity index (χ2v) is 7.06. The third-order valence-electron chi connectivity index (χ3n) is 5.18. The van der Waals surface area contributed by atoms with Gasteiger partial charge in [0.05, 0.1) is 6.10 Å². The highest BCUT2D eigenvalue weighted by atomic mass is 35.5. The summed E-state index contributed by atoms with van der Waals surface area (Å²) < 4.78 is 0. The van der Waals surface area contributed by atoms with E-state index < -0.39 is 0 Å². The number of piperidine rings is 2. The Morgan fingerprint density at radius 1 is 1.29 bits per heavy atom. The number of rotatable bonds is 7. The number of carbonyl (C=O) groups is 1. The molecule has 2 unspecified atom stereocenters. The van der Waals surface area contributed by atoms with Gasteiger partial charge in [0.2, 0.25) is 5.91 Å². The van der Waals surface area contributed by atoms with E-state index in [1.165, 1.54) is 12.8 Å². The zero-order valence-electron chi connectivity index (χ0n) is 14.8. The van der Waals surface area contributed by atoms with Gasteiger partial charge in [-0.25, -0.2) is 0 Å². The number of likely N-dealkylation sites (tertiary alicyclic amines) is 1. The number of amides is 1. The Hall–Kier alpha value is -0.0700. The van der Waals surface area contributed by atoms with Crippen molar-refractivity contribution in [3.05, 3.63) is 0 Å². The van der Waals surface area contributed by atoms with Gasteiger partial charge in [-0.05, 0) is 63.6 Å². The van der Waals surface area contributed by atoms with Crippen molar-refractivity contribution in [3.8, 4) is 0 Å². The SMILES string of the molecule is CC(CC(=O)NCCCN1CCC(O)CC1)C1CCCNC1.Cl.Cl. The lowest BCUT2D eigenvalue weighted by atomic mass is 9.85. The van der Waals surface area contributed by atoms with Gasteiger partial charge in [0.15, 0.2) is 0 Å². The topological polar surface area (TPSA) is 64.6 Å². The van der Waals surface area contributed by atoms with Crippen LogP contribution in [0.15, 0.2) is 0 Å². The predicted molar refractivity (Wildman–Crippen MR) is 103 cm³/mol. The molecular formula is C17H35Cl2N3O2. The summed E-state index contributed by atoms with van der Waals surface area (Å²) in [5.41, 5.74) is 0. The van der Waals surface area contributed by atoms with Gasteiger partial charge < -0.3 is 20.6 Å². The predicted octanol–water partition coefficient (Wildman–Crippen LogP) is 1.82. The molecule has 2 fully saturated rings. The number of nitrogens with zero attached hydrogens (tertiary/aromatic N) is 1. The van der Waals surface area contributed by atoms with Crippen LogP contribution in [0.25, 0.3) is 0 Å². The second-order valence-electron chi connectivity index (χ2n) is 7.06. The van der Waals surface area contributed by atoms with Crippen LogP contribution in [0.3, 0.4) is 0 Å². The molecule has 144 valence electrons. The van der Waals surface area contributed by atoms with Crippen molar-refractivity contribution in [1.29, 1.82) is 0 Å². The highest BCUT2D eigenvalue weighted by molar-refractivity contribution is 5.85. The lowest BCUT2D eigenvalue weighted by Gasteiger charge is -2.29. The summed E-state index contributed by atoms with van der Waals surface area (Å²) in [6, 6.07) is 0. The third kappa shape index (κ3) is 8.86. The monoisotopic (exact) mass is 383 g/mol. The summed E-state index contributed by atoms with van der Waals surface area (Å²) in [6.07, 6.45) is 5.82. The van der Waals surface area contributed by atoms with Gasteiger partial charge >= 0.3 is 0 Å². The zero-order chi connectivity index (χ0) is 15.8. The lowest BCUT2D eigenvalue weighted by molar-refractivity contribution is -0.122. The Kier molecular flexibility index (Phi) is 13.1. The van der Waals surface area contributed by atoms with Crippen LogP contribution in [-0.4, -0.2) is 61.3 Å². The van der Waals surface area contributed by atoms with Crippen LogP contribution in [0.4, 0.5) is 0 Å². The van der Waals surface area contributed by atoms with Gasteiger partial charge in [-0.15, -0.1) is 24.8 Å². The summed E-state index contributed by atoms with van der Waals surface area (Å²) in [5.74, 6) is 1.32. The molecule has 2 aliphatic heterocycles. The molecule has 2 atom stereocenters. The highest BCUT2D eigenvalue weighted by Crippen LogP contribution is 2.22. The van der Waals surface area contributed by atoms with Gasteiger partial charge in [0, 0.05) is 26.1 Å². The van der Waals surface area contributed by atoms with Gasteiger partial charge in [-0.2, -0.15) is 0 Å². The smallest absolute Gasteiger partial charge is 0.220 e. The van der Waals surface area contributed by atoms with E-state index in [-0.39, 0.29) is 36.8 Å². The maximum Gasteiger partial charge on any atom is 0.220 e. The quantitative estimate of drug-likeness (QED) is 0.586. The summed E-state index contributed by atoms with van der Waals surface area (Å²) in [6.45, 7) is 8.17. The number of aliphatic hydroxyl groups is 1. The van der Waals surface area contributed by atoms with E-state index in [1.807, 2.05) is 0 Å². The molecule has 1 amide bonds. The lowest BCUT2D eigenvalue weighted by Crippen LogP contribution is -2.38. The molecule has 3 N–H and O–H groups in total. The van der Waals surface area contributed by atoms with Gasteiger partial charge in [-0.3, -0.25) is 4.79 Å². The van der Waals surface area contributed by atoms with Gasteiger partial charge in [-0.1, -0.05) is 6.92 Å². The van der Waals surface area contributed by atoms with E-state index in [0.717, 1.165) is 58.5 Å². The van der Waals surface area contributed by atoms with Crippen LogP contribution in [0, 0.1) is 11.8 Å². The van der Waals surface area contributed by atoms with Gasteiger partial charge in [0.25, 0.3) is 0 Å². The fraction of sp³-hybridized carbons (Fsp3) is 0.941. The number of nitrogens with one attached hydrogen (secondary N) is 2. The first kappa shape index (κ1) is 23.9. The summed E-state index contributed by atoms with van der Waals surface area (Å²) in [5, 5.41) is 16.0. The Labute approximate surface area is 159 Å². The molecule has 24 heavy (non-hydrogen) atoms. The second kappa shape index (κ2) is 13.2. The zero-order valence-corrected chi connectivity index (χ0v) is 16.5. The normalized spacial score (nSPS) is 23.7. The maximum atomic E-state index is 12.0. The molecule has 7 heteroatoms. The number of aliphatic hydroxyl groups excluding tert-OH is 1. The molecule has 2 heterocycles. The molecule has 0 spiro atoms. The maximum absolute atomic E-state index is 12.0. The fourth-order valence-corrected chi connectivity index (χ4v) is 3.57. The van der Waals surface area contributed by atoms with E-state index in [2.05, 4.69) is 22.5 Å². The van der Waals surface area contributed by atoms with E-state index in [0.29, 0.717) is 18.3 Å². The summed E-state index contributed by atoms with van der Waals surface area (Å²) in [4.78, 5) is 14.4. The number of carbonyl (C=O) groups excluding carboxylic acids is 1. The molecule has 0 aromatic carbocycles. The Morgan fingerprint density at radius 3 is 2.62 bits per heavy atom. The molecule has 0 bridgehead atoms. The molecule has 0 aromatic heterocycles. The first-order valence-corrected chi connectivity index (χ1v) is 9.03. The molecule has 2 saturated heterocycles. The van der Waals surface area contributed by atoms with Crippen LogP contribution >= 0.6 is 24.8 Å². The Morgan fingerprint density at radius 2 is 2.00 bits per heavy atom. The summed E-state index contributed by atoms with van der Waals surface area (Å²) in [7, 11) is 0. The van der Waals surface area contributed by atoms with Gasteiger partial charge in [0.1, 0.15) is 0 Å². The largest absolute Gasteiger partial charge is 0.393 e. The van der Waals surface area contributed by atoms with Crippen LogP contribution in [-0.2, 0) is 4.79 Å². The average molecular weight is 384 g/mol. The van der Waals surface area contributed by atoms with E-state index in [4.69, 9.17) is 0 Å². The minimum absolute atomic E-state index is 0. The Bertz CT molecular complexity index is 334. The minimum atomic E-state index is -0.105. The van der Waals surface area contributed by atoms with Crippen LogP contribution < -0.4 is 10.6 Å². The Balaban J connectivity index is 0.00000264. The molecule has 0 radical (unpaired) electrons. The van der Waals surface area contributed by atoms with Crippen molar-refractivity contribution < 1.29 is 9.90 Å². The molecule has 0 saturated carbocycles. The van der Waals surface area contributed by atoms with E-state index in [9.17, 15) is 9.90 Å². The first-order valence-electron chi connectivity index (χ1n) is 9.03. The standard InChI is InChI=1S/C17H33N3O2.2ClH/c1-14(15-4-2-7-18-13-15)12-17(22)19-8-3-9-20-10-5-16(21)6-11-20;;/h14-16,18,21H,2-13H2,1H3,(H,19,22);2*1H. The molecule has 2 aliphatic rings. The van der Waals surface area contributed by atoms with Crippen molar-refractivity contribution in [2.45, 2.75) is 51.6 Å². The van der Waals surface area contributed by atoms with Crippen LogP contribution in [0.2, 0.25) is 0 Å². The first-order chi connectivity index (χ1) is 10.6. The fourth-order valence-electron chi connectivity index (χ4n) is 3.57. The average Bonchev–Trinajstić information content (AvgIpc) is 2.54. The molecule has 0 aliphatic carbocycles. The number of hydrogen-bond acceptors (Lipinski definition) is 4. The van der Waals surface area contributed by atoms with Crippen LogP contribution in [0.5, 0.6) is 0 Å². The van der Waals surface area contributed by atoms with Crippen molar-refractivity contribution in [2.24, 2.45) is 11.8 Å². The van der Waals surface area contributed by atoms with Crippen molar-refractivity contribution in [3.63, 3.8) is 0 Å². The third-order valence-corrected chi connectivity index (χ3v) is 5.18. The van der Waals surface area contributed by atoms with Crippen LogP contribution in [0.1, 0.15) is 45.4 Å². The van der Waals surface area contributed by atoms with Crippen molar-refractivity contribution >= 4 is 30.7 Å².